The Morgan fingerprint density at radius 3 is 1.83 bits per heavy atom. The molecule has 23 heavy (non-hydrogen) atoms. The van der Waals surface area contributed by atoms with E-state index in [0.29, 0.717) is 17.1 Å². The van der Waals surface area contributed by atoms with E-state index in [1.54, 1.807) is 39.2 Å². The fourth-order valence-corrected chi connectivity index (χ4v) is 1.29. The average molecular weight is 326 g/mol. The van der Waals surface area contributed by atoms with E-state index >= 15 is 0 Å². The van der Waals surface area contributed by atoms with Crippen LogP contribution in [0.1, 0.15) is 33.4 Å². The van der Waals surface area contributed by atoms with E-state index in [1.165, 1.54) is 12.4 Å². The third-order valence-electron chi connectivity index (χ3n) is 2.30. The van der Waals surface area contributed by atoms with E-state index in [2.05, 4.69) is 20.6 Å². The van der Waals surface area contributed by atoms with Crippen LogP contribution in [0, 0.1) is 18.7 Å². The number of nitrogens with one attached hydrogen (secondary N) is 2. The molecule has 2 N–H and O–H groups in total. The molecular weight excluding hydrogens is 298 g/mol. The van der Waals surface area contributed by atoms with Crippen LogP contribution in [0.15, 0.2) is 30.6 Å². The van der Waals surface area contributed by atoms with Gasteiger partial charge in [-0.1, -0.05) is 27.7 Å². The number of aryl methyl sites for hydroxylation is 1. The average Bonchev–Trinajstić information content (AvgIpc) is 2.60. The summed E-state index contributed by atoms with van der Waals surface area (Å²) in [6, 6.07) is 5.00. The third-order valence-corrected chi connectivity index (χ3v) is 2.30. The lowest BCUT2D eigenvalue weighted by Crippen LogP contribution is -1.95. The van der Waals surface area contributed by atoms with Crippen LogP contribution in [-0.4, -0.2) is 24.1 Å². The molecule has 0 unspecified atom stereocenters. The molecule has 0 saturated heterocycles. The van der Waals surface area contributed by atoms with Gasteiger partial charge in [-0.05, 0) is 25.1 Å². The number of pyridine rings is 2. The van der Waals surface area contributed by atoms with Gasteiger partial charge < -0.3 is 10.6 Å². The van der Waals surface area contributed by atoms with E-state index < -0.39 is 5.95 Å². The minimum Gasteiger partial charge on any atom is -0.386 e. The first kappa shape index (κ1) is 23.0. The standard InChI is InChI=1S/C7H9FN2.C6H7FN2.2C2H6/c1-5-3-4-6(9-2)7(8)10-5;1-8-6-2-3-9-4-5(6)7;2*1-2/h3-4,9H,1-2H3;2-4H,1H3,(H,8,9);2*1-2H3. The van der Waals surface area contributed by atoms with Crippen LogP contribution >= 0.6 is 0 Å². The molecule has 2 rings (SSSR count). The smallest absolute Gasteiger partial charge is 0.236 e. The molecule has 0 aliphatic heterocycles. The van der Waals surface area contributed by atoms with Gasteiger partial charge in [0.1, 0.15) is 0 Å². The first-order valence-electron chi connectivity index (χ1n) is 7.66. The van der Waals surface area contributed by atoms with Crippen molar-refractivity contribution in [2.24, 2.45) is 0 Å². The van der Waals surface area contributed by atoms with Gasteiger partial charge in [0.15, 0.2) is 5.82 Å². The Morgan fingerprint density at radius 1 is 0.870 bits per heavy atom. The minimum absolute atomic E-state index is 0.319. The molecule has 130 valence electrons. The maximum Gasteiger partial charge on any atom is 0.236 e. The zero-order valence-electron chi connectivity index (χ0n) is 15.0. The molecule has 0 fully saturated rings. The highest BCUT2D eigenvalue weighted by molar-refractivity contribution is 5.41. The van der Waals surface area contributed by atoms with E-state index in [1.807, 2.05) is 27.7 Å². The SMILES string of the molecule is CC.CC.CNc1ccc(C)nc1F.CNc1ccncc1F. The van der Waals surface area contributed by atoms with E-state index in [9.17, 15) is 8.78 Å². The van der Waals surface area contributed by atoms with E-state index in [-0.39, 0.29) is 5.82 Å². The number of halogens is 2. The summed E-state index contributed by atoms with van der Waals surface area (Å²) in [7, 11) is 3.33. The Kier molecular flexibility index (Phi) is 14.7. The van der Waals surface area contributed by atoms with E-state index in [0.717, 1.165) is 0 Å². The van der Waals surface area contributed by atoms with Gasteiger partial charge in [-0.2, -0.15) is 4.39 Å². The molecule has 0 amide bonds. The topological polar surface area (TPSA) is 49.8 Å². The van der Waals surface area contributed by atoms with Crippen LogP contribution in [0.25, 0.3) is 0 Å². The molecule has 0 saturated carbocycles. The van der Waals surface area contributed by atoms with Crippen molar-refractivity contribution in [1.29, 1.82) is 0 Å². The Bertz CT molecular complexity index is 534. The predicted octanol–water partition coefficient (Wildman–Crippen LogP) is 4.89. The van der Waals surface area contributed by atoms with E-state index in [4.69, 9.17) is 0 Å². The first-order chi connectivity index (χ1) is 11.1. The fourth-order valence-electron chi connectivity index (χ4n) is 1.29. The highest BCUT2D eigenvalue weighted by Gasteiger charge is 1.98. The molecule has 6 heteroatoms. The van der Waals surface area contributed by atoms with Crippen LogP contribution < -0.4 is 10.6 Å². The number of aromatic nitrogens is 2. The first-order valence-corrected chi connectivity index (χ1v) is 7.66. The number of hydrogen-bond acceptors (Lipinski definition) is 4. The maximum absolute atomic E-state index is 12.7. The molecule has 0 atom stereocenters. The van der Waals surface area contributed by atoms with Crippen LogP contribution in [0.5, 0.6) is 0 Å². The Balaban J connectivity index is 0. The number of anilines is 2. The summed E-state index contributed by atoms with van der Waals surface area (Å²) < 4.78 is 25.1. The van der Waals surface area contributed by atoms with Crippen molar-refractivity contribution in [1.82, 2.24) is 9.97 Å². The highest BCUT2D eigenvalue weighted by atomic mass is 19.1. The summed E-state index contributed by atoms with van der Waals surface area (Å²) >= 11 is 0. The van der Waals surface area contributed by atoms with Crippen molar-refractivity contribution >= 4 is 11.4 Å². The molecule has 0 spiro atoms. The largest absolute Gasteiger partial charge is 0.386 e. The minimum atomic E-state index is -0.442. The molecule has 2 aromatic rings. The predicted molar refractivity (Wildman–Crippen MR) is 94.9 cm³/mol. The lowest BCUT2D eigenvalue weighted by molar-refractivity contribution is 0.584. The number of rotatable bonds is 2. The van der Waals surface area contributed by atoms with Gasteiger partial charge >= 0.3 is 0 Å². The second-order valence-corrected chi connectivity index (χ2v) is 3.65. The maximum atomic E-state index is 12.7. The van der Waals surface area contributed by atoms with Crippen molar-refractivity contribution in [2.45, 2.75) is 34.6 Å². The molecule has 0 aromatic carbocycles. The normalized spacial score (nSPS) is 8.22. The second kappa shape index (κ2) is 14.7. The van der Waals surface area contributed by atoms with Crippen molar-refractivity contribution in [3.8, 4) is 0 Å². The molecular formula is C17H28F2N4. The molecule has 0 aliphatic rings. The molecule has 0 aliphatic carbocycles. The van der Waals surface area contributed by atoms with Crippen LogP contribution in [0.2, 0.25) is 0 Å². The number of hydrogen-bond donors (Lipinski definition) is 2. The summed E-state index contributed by atoms with van der Waals surface area (Å²) in [5.41, 5.74) is 1.60. The van der Waals surface area contributed by atoms with Gasteiger partial charge in [0, 0.05) is 26.0 Å². The number of nitrogens with zero attached hydrogens (tertiary/aromatic N) is 2. The van der Waals surface area contributed by atoms with Gasteiger partial charge in [0.2, 0.25) is 5.95 Å². The van der Waals surface area contributed by atoms with Crippen LogP contribution in [0.4, 0.5) is 20.2 Å². The summed E-state index contributed by atoms with van der Waals surface area (Å²) in [6.07, 6.45) is 2.71. The van der Waals surface area contributed by atoms with Gasteiger partial charge in [-0.3, -0.25) is 4.98 Å². The van der Waals surface area contributed by atoms with Crippen molar-refractivity contribution < 1.29 is 8.78 Å². The lowest BCUT2D eigenvalue weighted by atomic mass is 10.3. The quantitative estimate of drug-likeness (QED) is 0.772. The molecule has 0 radical (unpaired) electrons. The zero-order chi connectivity index (χ0) is 18.3. The molecule has 4 nitrogen and oxygen atoms in total. The van der Waals surface area contributed by atoms with Crippen LogP contribution in [-0.2, 0) is 0 Å². The van der Waals surface area contributed by atoms with Crippen molar-refractivity contribution in [2.75, 3.05) is 24.7 Å². The van der Waals surface area contributed by atoms with Gasteiger partial charge in [-0.25, -0.2) is 9.37 Å². The van der Waals surface area contributed by atoms with Crippen LogP contribution in [0.3, 0.4) is 0 Å². The summed E-state index contributed by atoms with van der Waals surface area (Å²) in [5.74, 6) is -0.762. The van der Waals surface area contributed by atoms with Crippen molar-refractivity contribution in [3.05, 3.63) is 48.1 Å². The fraction of sp³-hybridized carbons (Fsp3) is 0.412. The van der Waals surface area contributed by atoms with Gasteiger partial charge in [0.25, 0.3) is 0 Å². The highest BCUT2D eigenvalue weighted by Crippen LogP contribution is 2.10. The Hall–Kier alpha value is -2.24. The van der Waals surface area contributed by atoms with Gasteiger partial charge in [0.05, 0.1) is 17.6 Å². The Morgan fingerprint density at radius 2 is 1.43 bits per heavy atom. The third kappa shape index (κ3) is 9.39. The summed E-state index contributed by atoms with van der Waals surface area (Å²) in [6.45, 7) is 9.75. The molecule has 2 heterocycles. The summed E-state index contributed by atoms with van der Waals surface area (Å²) in [4.78, 5) is 7.19. The monoisotopic (exact) mass is 326 g/mol. The Labute approximate surface area is 138 Å². The second-order valence-electron chi connectivity index (χ2n) is 3.65. The summed E-state index contributed by atoms with van der Waals surface area (Å²) in [5, 5.41) is 5.37. The zero-order valence-corrected chi connectivity index (χ0v) is 15.0. The van der Waals surface area contributed by atoms with Gasteiger partial charge in [-0.15, -0.1) is 0 Å². The lowest BCUT2D eigenvalue weighted by Gasteiger charge is -1.99. The molecule has 0 bridgehead atoms. The van der Waals surface area contributed by atoms with Crippen molar-refractivity contribution in [3.63, 3.8) is 0 Å². The molecule has 2 aromatic heterocycles.